The van der Waals surface area contributed by atoms with Gasteiger partial charge in [0.15, 0.2) is 0 Å². The molecule has 0 amide bonds. The molecule has 1 saturated heterocycles. The lowest BCUT2D eigenvalue weighted by atomic mass is 9.76. The van der Waals surface area contributed by atoms with Crippen LogP contribution in [0.3, 0.4) is 0 Å². The van der Waals surface area contributed by atoms with E-state index in [-0.39, 0.29) is 17.3 Å². The molecule has 106 valence electrons. The van der Waals surface area contributed by atoms with Gasteiger partial charge in [0.2, 0.25) is 0 Å². The van der Waals surface area contributed by atoms with Crippen molar-refractivity contribution in [1.29, 1.82) is 0 Å². The van der Waals surface area contributed by atoms with Crippen LogP contribution in [0.1, 0.15) is 32.9 Å². The Balaban J connectivity index is 2.05. The molecule has 19 heavy (non-hydrogen) atoms. The van der Waals surface area contributed by atoms with Gasteiger partial charge in [0.25, 0.3) is 0 Å². The monoisotopic (exact) mass is 266 g/mol. The van der Waals surface area contributed by atoms with E-state index in [4.69, 9.17) is 9.26 Å². The molecule has 0 aromatic carbocycles. The zero-order valence-electron chi connectivity index (χ0n) is 11.9. The fraction of sp³-hybridized carbons (Fsp3) is 0.714. The van der Waals surface area contributed by atoms with Crippen LogP contribution in [0.25, 0.3) is 0 Å². The molecule has 1 aromatic heterocycles. The van der Waals surface area contributed by atoms with Gasteiger partial charge in [-0.2, -0.15) is 0 Å². The minimum absolute atomic E-state index is 0.0624. The van der Waals surface area contributed by atoms with Crippen molar-refractivity contribution in [2.45, 2.75) is 33.7 Å². The van der Waals surface area contributed by atoms with Gasteiger partial charge in [0, 0.05) is 19.2 Å². The van der Waals surface area contributed by atoms with Crippen LogP contribution in [0.15, 0.2) is 16.9 Å². The molecule has 0 spiro atoms. The van der Waals surface area contributed by atoms with Crippen molar-refractivity contribution in [2.24, 2.45) is 11.3 Å². The van der Waals surface area contributed by atoms with E-state index in [2.05, 4.69) is 23.9 Å². The van der Waals surface area contributed by atoms with Crippen LogP contribution in [0.4, 0.5) is 0 Å². The molecule has 0 radical (unpaired) electrons. The number of hydrogen-bond acceptors (Lipinski definition) is 5. The van der Waals surface area contributed by atoms with E-state index >= 15 is 0 Å². The van der Waals surface area contributed by atoms with Gasteiger partial charge in [0.05, 0.1) is 17.7 Å². The molecule has 0 saturated carbocycles. The lowest BCUT2D eigenvalue weighted by Crippen LogP contribution is -2.40. The molecule has 2 heterocycles. The summed E-state index contributed by atoms with van der Waals surface area (Å²) in [5.41, 5.74) is 0.531. The second-order valence-corrected chi connectivity index (χ2v) is 5.48. The Bertz CT molecular complexity index is 416. The average molecular weight is 266 g/mol. The maximum atomic E-state index is 12.3. The minimum Gasteiger partial charge on any atom is -0.466 e. The predicted molar refractivity (Wildman–Crippen MR) is 70.3 cm³/mol. The zero-order valence-corrected chi connectivity index (χ0v) is 11.9. The number of ether oxygens (including phenoxy) is 1. The first kappa shape index (κ1) is 14.1. The summed E-state index contributed by atoms with van der Waals surface area (Å²) in [6, 6.07) is 1.86. The van der Waals surface area contributed by atoms with E-state index in [0.717, 1.165) is 31.7 Å². The van der Waals surface area contributed by atoms with Gasteiger partial charge in [0.1, 0.15) is 6.26 Å². The van der Waals surface area contributed by atoms with Gasteiger partial charge < -0.3 is 9.26 Å². The maximum absolute atomic E-state index is 12.3. The number of likely N-dealkylation sites (tertiary alicyclic amines) is 1. The second-order valence-electron chi connectivity index (χ2n) is 5.48. The van der Waals surface area contributed by atoms with Gasteiger partial charge in [-0.25, -0.2) is 0 Å². The molecule has 2 rings (SSSR count). The Morgan fingerprint density at radius 3 is 3.00 bits per heavy atom. The number of esters is 1. The lowest BCUT2D eigenvalue weighted by Gasteiger charge is -2.30. The summed E-state index contributed by atoms with van der Waals surface area (Å²) in [4.78, 5) is 14.5. The fourth-order valence-corrected chi connectivity index (χ4v) is 2.75. The third-order valence-electron chi connectivity index (χ3n) is 4.04. The van der Waals surface area contributed by atoms with E-state index in [0.29, 0.717) is 6.61 Å². The Morgan fingerprint density at radius 2 is 2.42 bits per heavy atom. The first-order valence-electron chi connectivity index (χ1n) is 6.87. The predicted octanol–water partition coefficient (Wildman–Crippen LogP) is 2.09. The van der Waals surface area contributed by atoms with E-state index in [1.54, 1.807) is 6.26 Å². The second kappa shape index (κ2) is 5.74. The molecule has 0 unspecified atom stereocenters. The van der Waals surface area contributed by atoms with E-state index in [9.17, 15) is 4.79 Å². The Kier molecular flexibility index (Phi) is 4.24. The number of aromatic nitrogens is 1. The van der Waals surface area contributed by atoms with Crippen LogP contribution in [-0.4, -0.2) is 35.7 Å². The number of nitrogens with zero attached hydrogens (tertiary/aromatic N) is 2. The van der Waals surface area contributed by atoms with E-state index in [1.165, 1.54) is 0 Å². The molecule has 5 heteroatoms. The van der Waals surface area contributed by atoms with Gasteiger partial charge in [-0.15, -0.1) is 0 Å². The standard InChI is InChI=1S/C14H22N2O3/c1-4-18-13(17)14(11(2)3)6-7-16(10-14)9-12-5-8-19-15-12/h5,8,11H,4,6-7,9-10H2,1-3H3/t14-/m0/s1. The van der Waals surface area contributed by atoms with Crippen molar-refractivity contribution < 1.29 is 14.1 Å². The summed E-state index contributed by atoms with van der Waals surface area (Å²) in [6.45, 7) is 8.84. The highest BCUT2D eigenvalue weighted by molar-refractivity contribution is 5.78. The van der Waals surface area contributed by atoms with Crippen molar-refractivity contribution in [3.05, 3.63) is 18.0 Å². The van der Waals surface area contributed by atoms with Crippen LogP contribution in [0.5, 0.6) is 0 Å². The van der Waals surface area contributed by atoms with Crippen LogP contribution in [0.2, 0.25) is 0 Å². The van der Waals surface area contributed by atoms with Crippen molar-refractivity contribution >= 4 is 5.97 Å². The molecule has 0 bridgehead atoms. The first-order valence-corrected chi connectivity index (χ1v) is 6.87. The topological polar surface area (TPSA) is 55.6 Å². The smallest absolute Gasteiger partial charge is 0.313 e. The molecule has 1 aliphatic heterocycles. The highest BCUT2D eigenvalue weighted by atomic mass is 16.5. The normalized spacial score (nSPS) is 24.0. The van der Waals surface area contributed by atoms with Crippen LogP contribution >= 0.6 is 0 Å². The SMILES string of the molecule is CCOC(=O)[C@@]1(C(C)C)CCN(Cc2ccon2)C1. The Labute approximate surface area is 113 Å². The quantitative estimate of drug-likeness (QED) is 0.764. The highest BCUT2D eigenvalue weighted by Gasteiger charge is 2.48. The van der Waals surface area contributed by atoms with Crippen molar-refractivity contribution in [1.82, 2.24) is 10.1 Å². The number of hydrogen-bond donors (Lipinski definition) is 0. The van der Waals surface area contributed by atoms with Crippen molar-refractivity contribution in [3.8, 4) is 0 Å². The molecular formula is C14H22N2O3. The maximum Gasteiger partial charge on any atom is 0.313 e. The molecule has 1 fully saturated rings. The molecule has 0 N–H and O–H groups in total. The summed E-state index contributed by atoms with van der Waals surface area (Å²) >= 11 is 0. The molecule has 1 atom stereocenters. The lowest BCUT2D eigenvalue weighted by molar-refractivity contribution is -0.157. The number of carbonyl (C=O) groups excluding carboxylic acids is 1. The average Bonchev–Trinajstić information content (AvgIpc) is 3.00. The number of rotatable bonds is 5. The Hall–Kier alpha value is -1.36. The zero-order chi connectivity index (χ0) is 13.9. The Morgan fingerprint density at radius 1 is 1.63 bits per heavy atom. The number of carbonyl (C=O) groups is 1. The molecule has 5 nitrogen and oxygen atoms in total. The molecular weight excluding hydrogens is 244 g/mol. The third kappa shape index (κ3) is 2.81. The van der Waals surface area contributed by atoms with Crippen molar-refractivity contribution in [3.63, 3.8) is 0 Å². The molecule has 1 aromatic rings. The molecule has 0 aliphatic carbocycles. The third-order valence-corrected chi connectivity index (χ3v) is 4.04. The van der Waals surface area contributed by atoms with E-state index in [1.807, 2.05) is 13.0 Å². The summed E-state index contributed by atoms with van der Waals surface area (Å²) < 4.78 is 10.1. The summed E-state index contributed by atoms with van der Waals surface area (Å²) in [5.74, 6) is 0.210. The molecule has 1 aliphatic rings. The van der Waals surface area contributed by atoms with Crippen LogP contribution in [-0.2, 0) is 16.1 Å². The summed E-state index contributed by atoms with van der Waals surface area (Å²) in [6.07, 6.45) is 2.42. The summed E-state index contributed by atoms with van der Waals surface area (Å²) in [5, 5.41) is 3.92. The van der Waals surface area contributed by atoms with Crippen molar-refractivity contribution in [2.75, 3.05) is 19.7 Å². The summed E-state index contributed by atoms with van der Waals surface area (Å²) in [7, 11) is 0. The first-order chi connectivity index (χ1) is 9.08. The fourth-order valence-electron chi connectivity index (χ4n) is 2.75. The van der Waals surface area contributed by atoms with Gasteiger partial charge in [-0.05, 0) is 25.8 Å². The van der Waals surface area contributed by atoms with Gasteiger partial charge in [-0.1, -0.05) is 19.0 Å². The minimum atomic E-state index is -0.375. The largest absolute Gasteiger partial charge is 0.466 e. The van der Waals surface area contributed by atoms with Crippen LogP contribution < -0.4 is 0 Å². The highest BCUT2D eigenvalue weighted by Crippen LogP contribution is 2.39. The van der Waals surface area contributed by atoms with Crippen LogP contribution in [0, 0.1) is 11.3 Å². The van der Waals surface area contributed by atoms with E-state index < -0.39 is 0 Å². The van der Waals surface area contributed by atoms with Gasteiger partial charge in [-0.3, -0.25) is 9.69 Å². The van der Waals surface area contributed by atoms with Gasteiger partial charge >= 0.3 is 5.97 Å².